The van der Waals surface area contributed by atoms with Crippen molar-refractivity contribution in [1.82, 2.24) is 0 Å². The average Bonchev–Trinajstić information content (AvgIpc) is 2.59. The topological polar surface area (TPSA) is 35.2 Å². The van der Waals surface area contributed by atoms with Crippen LogP contribution >= 0.6 is 11.3 Å². The summed E-state index contributed by atoms with van der Waals surface area (Å²) in [4.78, 5) is 2.27. The Kier molecular flexibility index (Phi) is 4.55. The van der Waals surface area contributed by atoms with Crippen LogP contribution in [0.2, 0.25) is 0 Å². The van der Waals surface area contributed by atoms with Gasteiger partial charge in [0.25, 0.3) is 0 Å². The van der Waals surface area contributed by atoms with Crippen LogP contribution in [0.1, 0.15) is 16.7 Å². The number of rotatable bonds is 3. The molecule has 0 spiro atoms. The van der Waals surface area contributed by atoms with Crippen molar-refractivity contribution in [1.29, 1.82) is 0 Å². The highest BCUT2D eigenvalue weighted by Crippen LogP contribution is 2.15. The second-order valence-electron chi connectivity index (χ2n) is 2.41. The number of thiophene rings is 1. The maximum atomic E-state index is 5.27. The fourth-order valence-electron chi connectivity index (χ4n) is 0.863. The zero-order valence-corrected chi connectivity index (χ0v) is 8.49. The summed E-state index contributed by atoms with van der Waals surface area (Å²) in [5.41, 5.74) is 5.27. The molecule has 1 aromatic rings. The van der Waals surface area contributed by atoms with E-state index in [0.717, 1.165) is 11.5 Å². The number of ether oxygens (including phenoxy) is 1. The summed E-state index contributed by atoms with van der Waals surface area (Å²) in [5.74, 6) is 5.81. The van der Waals surface area contributed by atoms with Crippen LogP contribution in [0.5, 0.6) is 0 Å². The molecule has 0 aliphatic carbocycles. The highest BCUT2D eigenvalue weighted by Gasteiger charge is 1.96. The first-order valence-electron chi connectivity index (χ1n) is 4.22. The molecule has 2 nitrogen and oxygen atoms in total. The summed E-state index contributed by atoms with van der Waals surface area (Å²) in [5, 5.41) is 0. The molecular formula is C10H13NOS. The van der Waals surface area contributed by atoms with Gasteiger partial charge in [0.15, 0.2) is 0 Å². The Balaban J connectivity index is 2.53. The van der Waals surface area contributed by atoms with Crippen molar-refractivity contribution in [3.8, 4) is 11.8 Å². The Morgan fingerprint density at radius 2 is 2.38 bits per heavy atom. The standard InChI is InChI=1S/C10H13NOS/c1-2-12-8-10-6-5-9(13-10)4-3-7-11/h5-6H,2,7-8,11H2,1H3. The summed E-state index contributed by atoms with van der Waals surface area (Å²) < 4.78 is 5.27. The minimum atomic E-state index is 0.415. The minimum absolute atomic E-state index is 0.415. The lowest BCUT2D eigenvalue weighted by molar-refractivity contribution is 0.136. The molecule has 0 aliphatic rings. The van der Waals surface area contributed by atoms with Gasteiger partial charge in [0.2, 0.25) is 0 Å². The molecule has 3 heteroatoms. The molecule has 1 rings (SSSR count). The molecule has 0 saturated carbocycles. The second-order valence-corrected chi connectivity index (χ2v) is 3.58. The number of hydrogen-bond donors (Lipinski definition) is 1. The van der Waals surface area contributed by atoms with Crippen molar-refractivity contribution in [2.45, 2.75) is 13.5 Å². The lowest BCUT2D eigenvalue weighted by atomic mass is 10.4. The summed E-state index contributed by atoms with van der Waals surface area (Å²) in [7, 11) is 0. The van der Waals surface area contributed by atoms with Crippen LogP contribution in [0.3, 0.4) is 0 Å². The highest BCUT2D eigenvalue weighted by molar-refractivity contribution is 7.12. The van der Waals surface area contributed by atoms with Gasteiger partial charge in [-0.2, -0.15) is 0 Å². The third-order valence-electron chi connectivity index (χ3n) is 1.42. The molecule has 0 amide bonds. The SMILES string of the molecule is CCOCc1ccc(C#CCN)s1. The van der Waals surface area contributed by atoms with E-state index in [-0.39, 0.29) is 0 Å². The van der Waals surface area contributed by atoms with Crippen LogP contribution in [0.4, 0.5) is 0 Å². The van der Waals surface area contributed by atoms with Crippen molar-refractivity contribution in [2.24, 2.45) is 5.73 Å². The zero-order chi connectivity index (χ0) is 9.52. The van der Waals surface area contributed by atoms with Gasteiger partial charge in [-0.25, -0.2) is 0 Å². The average molecular weight is 195 g/mol. The van der Waals surface area contributed by atoms with E-state index >= 15 is 0 Å². The van der Waals surface area contributed by atoms with E-state index in [1.165, 1.54) is 4.88 Å². The third kappa shape index (κ3) is 3.60. The molecule has 1 heterocycles. The second kappa shape index (κ2) is 5.76. The van der Waals surface area contributed by atoms with Gasteiger partial charge in [-0.3, -0.25) is 0 Å². The van der Waals surface area contributed by atoms with Crippen molar-refractivity contribution < 1.29 is 4.74 Å². The van der Waals surface area contributed by atoms with Gasteiger partial charge in [0, 0.05) is 11.5 Å². The van der Waals surface area contributed by atoms with Crippen LogP contribution in [-0.2, 0) is 11.3 Å². The van der Waals surface area contributed by atoms with E-state index < -0.39 is 0 Å². The molecule has 0 radical (unpaired) electrons. The maximum absolute atomic E-state index is 5.27. The molecule has 0 aliphatic heterocycles. The van der Waals surface area contributed by atoms with E-state index in [1.807, 2.05) is 19.1 Å². The smallest absolute Gasteiger partial charge is 0.0809 e. The van der Waals surface area contributed by atoms with E-state index in [4.69, 9.17) is 10.5 Å². The quantitative estimate of drug-likeness (QED) is 0.743. The summed E-state index contributed by atoms with van der Waals surface area (Å²) in [6.45, 7) is 3.84. The lowest BCUT2D eigenvalue weighted by Gasteiger charge is -1.94. The van der Waals surface area contributed by atoms with Crippen molar-refractivity contribution in [3.05, 3.63) is 21.9 Å². The first-order valence-corrected chi connectivity index (χ1v) is 5.04. The van der Waals surface area contributed by atoms with Gasteiger partial charge in [0.1, 0.15) is 0 Å². The Morgan fingerprint density at radius 3 is 3.08 bits per heavy atom. The van der Waals surface area contributed by atoms with Crippen LogP contribution < -0.4 is 5.73 Å². The fourth-order valence-corrected chi connectivity index (χ4v) is 1.68. The number of nitrogens with two attached hydrogens (primary N) is 1. The molecule has 13 heavy (non-hydrogen) atoms. The fraction of sp³-hybridized carbons (Fsp3) is 0.400. The molecule has 1 aromatic heterocycles. The zero-order valence-electron chi connectivity index (χ0n) is 7.67. The van der Waals surface area contributed by atoms with Gasteiger partial charge in [-0.1, -0.05) is 11.8 Å². The summed E-state index contributed by atoms with van der Waals surface area (Å²) >= 11 is 1.66. The van der Waals surface area contributed by atoms with E-state index in [0.29, 0.717) is 13.2 Å². The maximum Gasteiger partial charge on any atom is 0.0809 e. The van der Waals surface area contributed by atoms with Crippen LogP contribution in [0.15, 0.2) is 12.1 Å². The van der Waals surface area contributed by atoms with E-state index in [9.17, 15) is 0 Å². The first-order chi connectivity index (χ1) is 6.36. The van der Waals surface area contributed by atoms with Gasteiger partial charge in [-0.15, -0.1) is 11.3 Å². The number of hydrogen-bond acceptors (Lipinski definition) is 3. The van der Waals surface area contributed by atoms with Crippen molar-refractivity contribution >= 4 is 11.3 Å². The molecular weight excluding hydrogens is 182 g/mol. The predicted molar refractivity (Wildman–Crippen MR) is 55.6 cm³/mol. The molecule has 2 N–H and O–H groups in total. The molecule has 0 aromatic carbocycles. The lowest BCUT2D eigenvalue weighted by Crippen LogP contribution is -1.92. The Hall–Kier alpha value is -0.820. The highest BCUT2D eigenvalue weighted by atomic mass is 32.1. The van der Waals surface area contributed by atoms with Gasteiger partial charge in [0.05, 0.1) is 18.0 Å². The predicted octanol–water partition coefficient (Wildman–Crippen LogP) is 1.59. The van der Waals surface area contributed by atoms with Crippen LogP contribution in [0, 0.1) is 11.8 Å². The Morgan fingerprint density at radius 1 is 1.54 bits per heavy atom. The normalized spacial score (nSPS) is 9.38. The molecule has 0 unspecified atom stereocenters. The third-order valence-corrected chi connectivity index (χ3v) is 2.40. The molecule has 70 valence electrons. The Labute approximate surface area is 82.7 Å². The molecule has 0 fully saturated rings. The van der Waals surface area contributed by atoms with Crippen LogP contribution in [0.25, 0.3) is 0 Å². The molecule has 0 saturated heterocycles. The monoisotopic (exact) mass is 195 g/mol. The van der Waals surface area contributed by atoms with Crippen molar-refractivity contribution in [2.75, 3.05) is 13.2 Å². The van der Waals surface area contributed by atoms with Gasteiger partial charge in [-0.05, 0) is 19.1 Å². The first kappa shape index (κ1) is 10.3. The van der Waals surface area contributed by atoms with E-state index in [1.54, 1.807) is 11.3 Å². The minimum Gasteiger partial charge on any atom is -0.376 e. The summed E-state index contributed by atoms with van der Waals surface area (Å²) in [6, 6.07) is 4.04. The van der Waals surface area contributed by atoms with Crippen molar-refractivity contribution in [3.63, 3.8) is 0 Å². The Bertz CT molecular complexity index is 308. The van der Waals surface area contributed by atoms with E-state index in [2.05, 4.69) is 11.8 Å². The van der Waals surface area contributed by atoms with Gasteiger partial charge < -0.3 is 10.5 Å². The van der Waals surface area contributed by atoms with Crippen LogP contribution in [-0.4, -0.2) is 13.2 Å². The molecule has 0 atom stereocenters. The molecule has 0 bridgehead atoms. The summed E-state index contributed by atoms with van der Waals surface area (Å²) in [6.07, 6.45) is 0. The largest absolute Gasteiger partial charge is 0.376 e. The van der Waals surface area contributed by atoms with Gasteiger partial charge >= 0.3 is 0 Å².